The average Bonchev–Trinajstić information content (AvgIpc) is 2.90. The van der Waals surface area contributed by atoms with Crippen molar-refractivity contribution in [3.05, 3.63) is 88.5 Å². The zero-order chi connectivity index (χ0) is 26.4. The molecule has 4 aromatic rings. The van der Waals surface area contributed by atoms with Crippen molar-refractivity contribution < 1.29 is 9.66 Å². The van der Waals surface area contributed by atoms with Crippen LogP contribution in [0.25, 0.3) is 10.8 Å². The van der Waals surface area contributed by atoms with Crippen molar-refractivity contribution in [1.29, 1.82) is 0 Å². The molecule has 37 heavy (non-hydrogen) atoms. The summed E-state index contributed by atoms with van der Waals surface area (Å²) in [4.78, 5) is 12.8. The Bertz CT molecular complexity index is 1430. The van der Waals surface area contributed by atoms with Gasteiger partial charge in [-0.05, 0) is 81.1 Å². The molecule has 0 heterocycles. The molecule has 0 aliphatic heterocycles. The minimum atomic E-state index is -0.440. The number of anilines is 2. The molecule has 0 amide bonds. The zero-order valence-electron chi connectivity index (χ0n) is 21.6. The number of aryl methyl sites for hydroxylation is 1. The quantitative estimate of drug-likeness (QED) is 0.135. The molecule has 0 radical (unpaired) electrons. The summed E-state index contributed by atoms with van der Waals surface area (Å²) in [7, 11) is 0. The van der Waals surface area contributed by atoms with E-state index < -0.39 is 4.92 Å². The summed E-state index contributed by atoms with van der Waals surface area (Å²) >= 11 is 0. The first-order valence-corrected chi connectivity index (χ1v) is 12.4. The monoisotopic (exact) mass is 497 g/mol. The summed E-state index contributed by atoms with van der Waals surface area (Å²) in [5, 5.41) is 25.1. The lowest BCUT2D eigenvalue weighted by Gasteiger charge is -2.21. The van der Waals surface area contributed by atoms with Crippen LogP contribution in [-0.2, 0) is 0 Å². The Morgan fingerprint density at radius 1 is 0.919 bits per heavy atom. The second-order valence-corrected chi connectivity index (χ2v) is 8.57. The largest absolute Gasteiger partial charge is 0.454 e. The summed E-state index contributed by atoms with van der Waals surface area (Å²) in [6.45, 7) is 11.0. The third-order valence-corrected chi connectivity index (χ3v) is 6.18. The lowest BCUT2D eigenvalue weighted by molar-refractivity contribution is -0.384. The predicted molar refractivity (Wildman–Crippen MR) is 150 cm³/mol. The molecule has 1 N–H and O–H groups in total. The number of hydrogen-bond acceptors (Lipinski definition) is 7. The van der Waals surface area contributed by atoms with Gasteiger partial charge in [0, 0.05) is 54.6 Å². The molecule has 0 bridgehead atoms. The Morgan fingerprint density at radius 2 is 1.68 bits per heavy atom. The van der Waals surface area contributed by atoms with Crippen molar-refractivity contribution in [3.8, 4) is 11.5 Å². The molecule has 0 aliphatic rings. The van der Waals surface area contributed by atoms with Gasteiger partial charge in [-0.3, -0.25) is 10.1 Å². The average molecular weight is 498 g/mol. The highest BCUT2D eigenvalue weighted by molar-refractivity contribution is 5.91. The molecule has 4 rings (SSSR count). The number of nitrogens with zero attached hydrogens (tertiary/aromatic N) is 4. The van der Waals surface area contributed by atoms with E-state index in [0.29, 0.717) is 17.1 Å². The predicted octanol–water partition coefficient (Wildman–Crippen LogP) is 8.54. The summed E-state index contributed by atoms with van der Waals surface area (Å²) < 4.78 is 6.46. The van der Waals surface area contributed by atoms with E-state index in [1.807, 2.05) is 38.1 Å². The van der Waals surface area contributed by atoms with Gasteiger partial charge in [0.15, 0.2) is 5.75 Å². The van der Waals surface area contributed by atoms with Crippen LogP contribution in [0.1, 0.15) is 26.3 Å². The van der Waals surface area contributed by atoms with Crippen molar-refractivity contribution in [2.24, 2.45) is 10.2 Å². The topological polar surface area (TPSA) is 92.4 Å². The van der Waals surface area contributed by atoms with Crippen LogP contribution in [0.2, 0.25) is 0 Å². The van der Waals surface area contributed by atoms with Gasteiger partial charge in [-0.25, -0.2) is 0 Å². The van der Waals surface area contributed by atoms with Gasteiger partial charge in [0.25, 0.3) is 5.69 Å². The summed E-state index contributed by atoms with van der Waals surface area (Å²) in [6.07, 6.45) is 0. The second kappa shape index (κ2) is 11.5. The van der Waals surface area contributed by atoms with E-state index >= 15 is 0 Å². The van der Waals surface area contributed by atoms with Gasteiger partial charge in [0.05, 0.1) is 10.6 Å². The minimum Gasteiger partial charge on any atom is -0.454 e. The maximum atomic E-state index is 10.9. The molecule has 0 saturated heterocycles. The number of nitrogens with one attached hydrogen (secondary N) is 1. The molecular formula is C29H31N5O3. The van der Waals surface area contributed by atoms with Crippen molar-refractivity contribution in [2.75, 3.05) is 29.9 Å². The molecule has 4 aromatic carbocycles. The van der Waals surface area contributed by atoms with Gasteiger partial charge >= 0.3 is 0 Å². The van der Waals surface area contributed by atoms with Crippen LogP contribution in [0.4, 0.5) is 28.4 Å². The molecule has 0 fully saturated rings. The van der Waals surface area contributed by atoms with Crippen molar-refractivity contribution in [1.82, 2.24) is 0 Å². The Balaban J connectivity index is 1.72. The van der Waals surface area contributed by atoms with Crippen LogP contribution in [-0.4, -0.2) is 24.6 Å². The van der Waals surface area contributed by atoms with Crippen LogP contribution in [0, 0.1) is 17.0 Å². The van der Waals surface area contributed by atoms with Gasteiger partial charge in [-0.2, -0.15) is 5.11 Å². The fraction of sp³-hybridized carbons (Fsp3) is 0.241. The fourth-order valence-corrected chi connectivity index (χ4v) is 4.20. The van der Waals surface area contributed by atoms with E-state index in [0.717, 1.165) is 47.4 Å². The number of rotatable bonds is 10. The first-order chi connectivity index (χ1) is 17.9. The third kappa shape index (κ3) is 5.86. The smallest absolute Gasteiger partial charge is 0.269 e. The van der Waals surface area contributed by atoms with E-state index in [-0.39, 0.29) is 5.69 Å². The molecular weight excluding hydrogens is 466 g/mol. The van der Waals surface area contributed by atoms with E-state index in [1.165, 1.54) is 17.8 Å². The van der Waals surface area contributed by atoms with Crippen molar-refractivity contribution in [3.63, 3.8) is 0 Å². The van der Waals surface area contributed by atoms with E-state index in [1.54, 1.807) is 12.1 Å². The molecule has 0 aromatic heterocycles. The standard InChI is InChI=1S/C29H31N5O3/c1-5-30-26-19-29(27(17-20(26)4)32-31-22-11-13-23(14-12-22)34(35)36)37-28-10-8-9-21-18-24(15-16-25(21)28)33(6-2)7-3/h8-19,30H,5-7H2,1-4H3/b32-31+. The van der Waals surface area contributed by atoms with Crippen LogP contribution < -0.4 is 15.0 Å². The number of non-ortho nitro benzene ring substituents is 1. The Kier molecular flexibility index (Phi) is 7.98. The number of ether oxygens (including phenoxy) is 1. The zero-order valence-corrected chi connectivity index (χ0v) is 21.6. The lowest BCUT2D eigenvalue weighted by Crippen LogP contribution is -2.21. The molecule has 8 nitrogen and oxygen atoms in total. The summed E-state index contributed by atoms with van der Waals surface area (Å²) in [5.41, 5.74) is 4.23. The Morgan fingerprint density at radius 3 is 2.35 bits per heavy atom. The lowest BCUT2D eigenvalue weighted by atomic mass is 10.1. The highest BCUT2D eigenvalue weighted by Gasteiger charge is 2.13. The van der Waals surface area contributed by atoms with Gasteiger partial charge in [-0.15, -0.1) is 5.11 Å². The van der Waals surface area contributed by atoms with E-state index in [2.05, 4.69) is 58.6 Å². The Labute approximate surface area is 216 Å². The molecule has 0 aliphatic carbocycles. The number of fused-ring (bicyclic) bond motifs is 1. The second-order valence-electron chi connectivity index (χ2n) is 8.57. The third-order valence-electron chi connectivity index (χ3n) is 6.18. The number of hydrogen-bond donors (Lipinski definition) is 1. The van der Waals surface area contributed by atoms with Crippen molar-refractivity contribution >= 4 is 39.2 Å². The minimum absolute atomic E-state index is 0.00826. The maximum Gasteiger partial charge on any atom is 0.269 e. The van der Waals surface area contributed by atoms with E-state index in [9.17, 15) is 10.1 Å². The molecule has 0 atom stereocenters. The summed E-state index contributed by atoms with van der Waals surface area (Å²) in [5.74, 6) is 1.29. The molecule has 0 saturated carbocycles. The van der Waals surface area contributed by atoms with Gasteiger partial charge in [0.1, 0.15) is 11.4 Å². The van der Waals surface area contributed by atoms with Gasteiger partial charge in [-0.1, -0.05) is 12.1 Å². The first-order valence-electron chi connectivity index (χ1n) is 12.4. The fourth-order valence-electron chi connectivity index (χ4n) is 4.20. The SMILES string of the molecule is CCNc1cc(Oc2cccc3cc(N(CC)CC)ccc23)c(/N=N/c2ccc([N+](=O)[O-])cc2)cc1C. The van der Waals surface area contributed by atoms with Crippen LogP contribution in [0.15, 0.2) is 83.0 Å². The molecule has 0 unspecified atom stereocenters. The molecule has 8 heteroatoms. The van der Waals surface area contributed by atoms with Gasteiger partial charge in [0.2, 0.25) is 0 Å². The first kappa shape index (κ1) is 25.6. The Hall–Kier alpha value is -4.46. The van der Waals surface area contributed by atoms with Crippen LogP contribution >= 0.6 is 0 Å². The highest BCUT2D eigenvalue weighted by atomic mass is 16.6. The molecule has 0 spiro atoms. The van der Waals surface area contributed by atoms with Gasteiger partial charge < -0.3 is 15.0 Å². The van der Waals surface area contributed by atoms with E-state index in [4.69, 9.17) is 4.74 Å². The van der Waals surface area contributed by atoms with Crippen LogP contribution in [0.5, 0.6) is 11.5 Å². The number of azo groups is 1. The van der Waals surface area contributed by atoms with Crippen LogP contribution in [0.3, 0.4) is 0 Å². The highest BCUT2D eigenvalue weighted by Crippen LogP contribution is 2.40. The molecule has 190 valence electrons. The normalized spacial score (nSPS) is 11.1. The number of nitro groups is 1. The summed E-state index contributed by atoms with van der Waals surface area (Å²) in [6, 6.07) is 22.2. The maximum absolute atomic E-state index is 10.9. The number of benzene rings is 4. The van der Waals surface area contributed by atoms with Crippen molar-refractivity contribution in [2.45, 2.75) is 27.7 Å². The number of nitro benzene ring substituents is 1.